The van der Waals surface area contributed by atoms with Crippen LogP contribution < -0.4 is 10.6 Å². The fraction of sp³-hybridized carbons (Fsp3) is 0.538. The molecule has 6 heteroatoms. The highest BCUT2D eigenvalue weighted by molar-refractivity contribution is 5.87. The average Bonchev–Trinajstić information content (AvgIpc) is 2.89. The second kappa shape index (κ2) is 5.88. The molecule has 0 amide bonds. The fourth-order valence-electron chi connectivity index (χ4n) is 2.23. The maximum absolute atomic E-state index is 11.0. The highest BCUT2D eigenvalue weighted by atomic mass is 16.5. The number of carbonyl (C=O) groups is 1. The van der Waals surface area contributed by atoms with Gasteiger partial charge in [-0.15, -0.1) is 0 Å². The van der Waals surface area contributed by atoms with Gasteiger partial charge in [0.15, 0.2) is 11.5 Å². The van der Waals surface area contributed by atoms with E-state index in [-0.39, 0.29) is 11.8 Å². The van der Waals surface area contributed by atoms with E-state index in [1.165, 1.54) is 6.07 Å². The van der Waals surface area contributed by atoms with Crippen molar-refractivity contribution in [1.29, 1.82) is 0 Å². The molecule has 1 aromatic heterocycles. The van der Waals surface area contributed by atoms with Gasteiger partial charge in [0, 0.05) is 19.7 Å². The van der Waals surface area contributed by atoms with Gasteiger partial charge in [-0.3, -0.25) is 0 Å². The number of hydrogen-bond donors (Lipinski definition) is 2. The van der Waals surface area contributed by atoms with Crippen LogP contribution in [0.1, 0.15) is 30.3 Å². The van der Waals surface area contributed by atoms with Gasteiger partial charge in [-0.25, -0.2) is 9.78 Å². The van der Waals surface area contributed by atoms with E-state index in [0.29, 0.717) is 24.6 Å². The predicted molar refractivity (Wildman–Crippen MR) is 72.5 cm³/mol. The minimum absolute atomic E-state index is 0.00925. The summed E-state index contributed by atoms with van der Waals surface area (Å²) < 4.78 is 5.60. The molecule has 2 rings (SSSR count). The summed E-state index contributed by atoms with van der Waals surface area (Å²) in [4.78, 5) is 17.1. The van der Waals surface area contributed by atoms with Gasteiger partial charge in [-0.2, -0.15) is 0 Å². The number of hydrogen-bond acceptors (Lipinski definition) is 5. The molecule has 2 heterocycles. The second-order valence-electron chi connectivity index (χ2n) is 4.59. The van der Waals surface area contributed by atoms with Gasteiger partial charge in [0.05, 0.1) is 11.8 Å². The van der Waals surface area contributed by atoms with Gasteiger partial charge in [0.2, 0.25) is 0 Å². The van der Waals surface area contributed by atoms with Crippen LogP contribution in [0.2, 0.25) is 0 Å². The van der Waals surface area contributed by atoms with E-state index in [1.807, 2.05) is 11.8 Å². The number of likely N-dealkylation sites (N-methyl/N-ethyl adjacent to an activating group) is 1. The third-order valence-corrected chi connectivity index (χ3v) is 3.25. The van der Waals surface area contributed by atoms with E-state index in [1.54, 1.807) is 6.07 Å². The topological polar surface area (TPSA) is 88.7 Å². The quantitative estimate of drug-likeness (QED) is 0.835. The number of nitrogen functional groups attached to an aromatic ring is 1. The molecule has 0 radical (unpaired) electrons. The Kier molecular flexibility index (Phi) is 4.21. The first kappa shape index (κ1) is 13.6. The summed E-state index contributed by atoms with van der Waals surface area (Å²) in [6.45, 7) is 4.18. The zero-order chi connectivity index (χ0) is 13.8. The summed E-state index contributed by atoms with van der Waals surface area (Å²) in [6, 6.07) is 3.00. The molecule has 1 unspecified atom stereocenters. The largest absolute Gasteiger partial charge is 0.477 e. The van der Waals surface area contributed by atoms with E-state index in [4.69, 9.17) is 15.6 Å². The molecule has 1 aromatic rings. The van der Waals surface area contributed by atoms with Crippen molar-refractivity contribution in [3.8, 4) is 0 Å². The number of pyridine rings is 1. The van der Waals surface area contributed by atoms with Crippen LogP contribution in [0.4, 0.5) is 11.5 Å². The maximum Gasteiger partial charge on any atom is 0.354 e. The van der Waals surface area contributed by atoms with Crippen LogP contribution in [-0.2, 0) is 4.74 Å². The summed E-state index contributed by atoms with van der Waals surface area (Å²) in [7, 11) is 0. The third-order valence-electron chi connectivity index (χ3n) is 3.25. The first-order chi connectivity index (χ1) is 9.11. The van der Waals surface area contributed by atoms with Crippen molar-refractivity contribution in [2.45, 2.75) is 25.9 Å². The molecular weight excluding hydrogens is 246 g/mol. The van der Waals surface area contributed by atoms with Crippen molar-refractivity contribution in [2.75, 3.05) is 30.3 Å². The van der Waals surface area contributed by atoms with Crippen LogP contribution in [0.3, 0.4) is 0 Å². The highest BCUT2D eigenvalue weighted by Crippen LogP contribution is 2.23. The van der Waals surface area contributed by atoms with Crippen LogP contribution in [0.5, 0.6) is 0 Å². The third kappa shape index (κ3) is 3.14. The lowest BCUT2D eigenvalue weighted by molar-refractivity contribution is 0.0690. The number of anilines is 2. The number of carboxylic acids is 1. The number of rotatable bonds is 5. The number of ether oxygens (including phenoxy) is 1. The van der Waals surface area contributed by atoms with E-state index >= 15 is 0 Å². The molecule has 0 saturated carbocycles. The van der Waals surface area contributed by atoms with Crippen LogP contribution in [-0.4, -0.2) is 41.9 Å². The minimum atomic E-state index is -1.05. The van der Waals surface area contributed by atoms with E-state index in [0.717, 1.165) is 19.4 Å². The molecule has 1 saturated heterocycles. The van der Waals surface area contributed by atoms with Crippen molar-refractivity contribution in [3.05, 3.63) is 17.8 Å². The van der Waals surface area contributed by atoms with Crippen LogP contribution in [0.15, 0.2) is 12.1 Å². The van der Waals surface area contributed by atoms with Crippen molar-refractivity contribution in [2.24, 2.45) is 0 Å². The average molecular weight is 265 g/mol. The molecule has 1 aliphatic rings. The Morgan fingerprint density at radius 3 is 3.00 bits per heavy atom. The molecule has 0 spiro atoms. The molecule has 1 fully saturated rings. The van der Waals surface area contributed by atoms with Gasteiger partial charge < -0.3 is 20.5 Å². The molecule has 1 atom stereocenters. The zero-order valence-corrected chi connectivity index (χ0v) is 11.0. The SMILES string of the molecule is CCN(CC1CCCO1)c1nc(C(=O)O)ccc1N. The lowest BCUT2D eigenvalue weighted by atomic mass is 10.2. The van der Waals surface area contributed by atoms with E-state index in [9.17, 15) is 4.79 Å². The lowest BCUT2D eigenvalue weighted by Crippen LogP contribution is -2.33. The van der Waals surface area contributed by atoms with Gasteiger partial charge >= 0.3 is 5.97 Å². The predicted octanol–water partition coefficient (Wildman–Crippen LogP) is 1.37. The minimum Gasteiger partial charge on any atom is -0.477 e. The van der Waals surface area contributed by atoms with E-state index in [2.05, 4.69) is 4.98 Å². The molecule has 1 aliphatic heterocycles. The molecule has 19 heavy (non-hydrogen) atoms. The summed E-state index contributed by atoms with van der Waals surface area (Å²) in [5.74, 6) is -0.521. The first-order valence-corrected chi connectivity index (χ1v) is 6.48. The van der Waals surface area contributed by atoms with Gasteiger partial charge in [0.1, 0.15) is 0 Å². The summed E-state index contributed by atoms with van der Waals surface area (Å²) in [5.41, 5.74) is 6.40. The van der Waals surface area contributed by atoms with Crippen molar-refractivity contribution < 1.29 is 14.6 Å². The second-order valence-corrected chi connectivity index (χ2v) is 4.59. The number of nitrogens with two attached hydrogens (primary N) is 1. The molecule has 3 N–H and O–H groups in total. The molecule has 104 valence electrons. The molecular formula is C13H19N3O3. The Bertz CT molecular complexity index is 458. The smallest absolute Gasteiger partial charge is 0.354 e. The normalized spacial score (nSPS) is 18.5. The number of carboxylic acid groups (broad SMARTS) is 1. The summed E-state index contributed by atoms with van der Waals surface area (Å²) in [5, 5.41) is 8.99. The summed E-state index contributed by atoms with van der Waals surface area (Å²) >= 11 is 0. The highest BCUT2D eigenvalue weighted by Gasteiger charge is 2.21. The standard InChI is InChI=1S/C13H19N3O3/c1-2-16(8-9-4-3-7-19-9)12-10(14)5-6-11(15-12)13(17)18/h5-6,9H,2-4,7-8,14H2,1H3,(H,17,18). The lowest BCUT2D eigenvalue weighted by Gasteiger charge is -2.26. The molecule has 0 aromatic carbocycles. The molecule has 0 aliphatic carbocycles. The number of nitrogens with zero attached hydrogens (tertiary/aromatic N) is 2. The number of aromatic nitrogens is 1. The first-order valence-electron chi connectivity index (χ1n) is 6.48. The van der Waals surface area contributed by atoms with Crippen molar-refractivity contribution >= 4 is 17.5 Å². The fourth-order valence-corrected chi connectivity index (χ4v) is 2.23. The summed E-state index contributed by atoms with van der Waals surface area (Å²) in [6.07, 6.45) is 2.27. The Hall–Kier alpha value is -1.82. The van der Waals surface area contributed by atoms with Crippen LogP contribution in [0.25, 0.3) is 0 Å². The Balaban J connectivity index is 2.20. The van der Waals surface area contributed by atoms with Gasteiger partial charge in [0.25, 0.3) is 0 Å². The Labute approximate surface area is 112 Å². The molecule has 0 bridgehead atoms. The Morgan fingerprint density at radius 1 is 1.63 bits per heavy atom. The monoisotopic (exact) mass is 265 g/mol. The van der Waals surface area contributed by atoms with E-state index < -0.39 is 5.97 Å². The van der Waals surface area contributed by atoms with Crippen LogP contribution in [0, 0.1) is 0 Å². The van der Waals surface area contributed by atoms with Gasteiger partial charge in [-0.1, -0.05) is 0 Å². The molecule has 6 nitrogen and oxygen atoms in total. The van der Waals surface area contributed by atoms with Crippen molar-refractivity contribution in [1.82, 2.24) is 4.98 Å². The van der Waals surface area contributed by atoms with Crippen molar-refractivity contribution in [3.63, 3.8) is 0 Å². The van der Waals surface area contributed by atoms with Gasteiger partial charge in [-0.05, 0) is 31.9 Å². The number of aromatic carboxylic acids is 1. The zero-order valence-electron chi connectivity index (χ0n) is 11.0. The Morgan fingerprint density at radius 2 is 2.42 bits per heavy atom. The van der Waals surface area contributed by atoms with Crippen LogP contribution >= 0.6 is 0 Å². The maximum atomic E-state index is 11.0.